The summed E-state index contributed by atoms with van der Waals surface area (Å²) in [6.07, 6.45) is 0.475. The lowest BCUT2D eigenvalue weighted by atomic mass is 9.64. The van der Waals surface area contributed by atoms with Gasteiger partial charge in [0.05, 0.1) is 11.7 Å². The van der Waals surface area contributed by atoms with Gasteiger partial charge in [-0.05, 0) is 24.6 Å². The number of hydrogen-bond acceptors (Lipinski definition) is 4. The molecule has 0 radical (unpaired) electrons. The highest BCUT2D eigenvalue weighted by Crippen LogP contribution is 2.42. The molecule has 1 saturated carbocycles. The Hall–Kier alpha value is -1.73. The Bertz CT molecular complexity index is 476. The Labute approximate surface area is 101 Å². The van der Waals surface area contributed by atoms with Gasteiger partial charge < -0.3 is 16.2 Å². The molecule has 1 fully saturated rings. The fourth-order valence-electron chi connectivity index (χ4n) is 2.09. The van der Waals surface area contributed by atoms with E-state index in [9.17, 15) is 5.11 Å². The number of nitriles is 1. The molecule has 2 atom stereocenters. The van der Waals surface area contributed by atoms with E-state index in [-0.39, 0.29) is 17.6 Å². The van der Waals surface area contributed by atoms with E-state index in [2.05, 4.69) is 11.4 Å². The van der Waals surface area contributed by atoms with E-state index in [0.29, 0.717) is 11.3 Å². The first-order valence-corrected chi connectivity index (χ1v) is 5.69. The van der Waals surface area contributed by atoms with Gasteiger partial charge in [0.15, 0.2) is 0 Å². The third-order valence-electron chi connectivity index (χ3n) is 3.73. The van der Waals surface area contributed by atoms with Crippen LogP contribution in [0.1, 0.15) is 25.8 Å². The zero-order valence-corrected chi connectivity index (χ0v) is 10.1. The summed E-state index contributed by atoms with van der Waals surface area (Å²) < 4.78 is 0. The van der Waals surface area contributed by atoms with Gasteiger partial charge in [-0.2, -0.15) is 5.26 Å². The maximum absolute atomic E-state index is 9.66. The number of nitrogens with one attached hydrogen (secondary N) is 1. The lowest BCUT2D eigenvalue weighted by Crippen LogP contribution is -2.56. The van der Waals surface area contributed by atoms with E-state index in [0.717, 1.165) is 12.1 Å². The van der Waals surface area contributed by atoms with Crippen LogP contribution in [0.5, 0.6) is 0 Å². The fourth-order valence-corrected chi connectivity index (χ4v) is 2.09. The third kappa shape index (κ3) is 1.94. The van der Waals surface area contributed by atoms with Crippen molar-refractivity contribution in [2.45, 2.75) is 32.4 Å². The molecule has 4 N–H and O–H groups in total. The summed E-state index contributed by atoms with van der Waals surface area (Å²) in [5, 5.41) is 21.9. The van der Waals surface area contributed by atoms with Crippen molar-refractivity contribution in [1.82, 2.24) is 0 Å². The first-order valence-electron chi connectivity index (χ1n) is 5.69. The predicted octanol–water partition coefficient (Wildman–Crippen LogP) is 1.71. The summed E-state index contributed by atoms with van der Waals surface area (Å²) in [5.41, 5.74) is 7.38. The molecule has 90 valence electrons. The van der Waals surface area contributed by atoms with Crippen molar-refractivity contribution in [3.63, 3.8) is 0 Å². The van der Waals surface area contributed by atoms with E-state index < -0.39 is 0 Å². The Balaban J connectivity index is 2.13. The van der Waals surface area contributed by atoms with E-state index in [1.165, 1.54) is 0 Å². The molecule has 0 heterocycles. The van der Waals surface area contributed by atoms with Crippen molar-refractivity contribution < 1.29 is 5.11 Å². The molecule has 0 saturated heterocycles. The van der Waals surface area contributed by atoms with Crippen LogP contribution < -0.4 is 11.1 Å². The zero-order chi connectivity index (χ0) is 12.6. The smallest absolute Gasteiger partial charge is 0.101 e. The molecule has 1 aliphatic carbocycles. The number of anilines is 2. The molecular formula is C13H17N3O. The molecule has 0 aliphatic heterocycles. The van der Waals surface area contributed by atoms with Gasteiger partial charge in [0, 0.05) is 22.8 Å². The fraction of sp³-hybridized carbons (Fsp3) is 0.462. The minimum atomic E-state index is -0.260. The lowest BCUT2D eigenvalue weighted by molar-refractivity contribution is -0.0510. The quantitative estimate of drug-likeness (QED) is 0.677. The largest absolute Gasteiger partial charge is 0.398 e. The molecule has 2 rings (SSSR count). The van der Waals surface area contributed by atoms with Crippen LogP contribution >= 0.6 is 0 Å². The van der Waals surface area contributed by atoms with Crippen LogP contribution in [0.3, 0.4) is 0 Å². The second kappa shape index (κ2) is 3.94. The van der Waals surface area contributed by atoms with Gasteiger partial charge in [-0.15, -0.1) is 0 Å². The number of nitrogens with zero attached hydrogens (tertiary/aromatic N) is 1. The number of hydrogen-bond donors (Lipinski definition) is 3. The highest BCUT2D eigenvalue weighted by atomic mass is 16.3. The Morgan fingerprint density at radius 1 is 1.53 bits per heavy atom. The lowest BCUT2D eigenvalue weighted by Gasteiger charge is -2.49. The number of benzene rings is 1. The normalized spacial score (nSPS) is 25.8. The molecule has 17 heavy (non-hydrogen) atoms. The van der Waals surface area contributed by atoms with Crippen LogP contribution in [0.4, 0.5) is 11.4 Å². The van der Waals surface area contributed by atoms with Crippen LogP contribution in [-0.4, -0.2) is 17.3 Å². The molecule has 0 bridgehead atoms. The van der Waals surface area contributed by atoms with Crippen LogP contribution in [0.2, 0.25) is 0 Å². The number of nitrogen functional groups attached to an aromatic ring is 1. The Morgan fingerprint density at radius 3 is 2.76 bits per heavy atom. The Kier molecular flexibility index (Phi) is 2.72. The number of aliphatic hydroxyl groups is 1. The SMILES string of the molecule is CC1(C)C(O)CC1Nc1ccc(N)c(C#N)c1. The van der Waals surface area contributed by atoms with Gasteiger partial charge in [0.2, 0.25) is 0 Å². The minimum absolute atomic E-state index is 0.131. The van der Waals surface area contributed by atoms with Crippen molar-refractivity contribution in [3.8, 4) is 6.07 Å². The molecule has 1 aromatic rings. The predicted molar refractivity (Wildman–Crippen MR) is 67.4 cm³/mol. The van der Waals surface area contributed by atoms with Crippen molar-refractivity contribution in [2.24, 2.45) is 5.41 Å². The zero-order valence-electron chi connectivity index (χ0n) is 10.1. The minimum Gasteiger partial charge on any atom is -0.398 e. The van der Waals surface area contributed by atoms with E-state index >= 15 is 0 Å². The highest BCUT2D eigenvalue weighted by Gasteiger charge is 2.47. The summed E-state index contributed by atoms with van der Waals surface area (Å²) in [4.78, 5) is 0. The number of aliphatic hydroxyl groups excluding tert-OH is 1. The standard InChI is InChI=1S/C13H17N3O/c1-13(2)11(6-12(13)17)16-9-3-4-10(15)8(5-9)7-14/h3-5,11-12,16-17H,6,15H2,1-2H3. The molecule has 1 aromatic carbocycles. The summed E-state index contributed by atoms with van der Waals surface area (Å²) in [6.45, 7) is 4.06. The van der Waals surface area contributed by atoms with E-state index in [4.69, 9.17) is 11.0 Å². The highest BCUT2D eigenvalue weighted by molar-refractivity contribution is 5.62. The maximum Gasteiger partial charge on any atom is 0.101 e. The summed E-state index contributed by atoms with van der Waals surface area (Å²) in [5.74, 6) is 0. The molecule has 4 heteroatoms. The van der Waals surface area contributed by atoms with Gasteiger partial charge in [0.25, 0.3) is 0 Å². The summed E-state index contributed by atoms with van der Waals surface area (Å²) in [6, 6.07) is 7.62. The average molecular weight is 231 g/mol. The number of nitrogens with two attached hydrogens (primary N) is 1. The van der Waals surface area contributed by atoms with Crippen LogP contribution in [0.25, 0.3) is 0 Å². The van der Waals surface area contributed by atoms with Crippen molar-refractivity contribution in [3.05, 3.63) is 23.8 Å². The van der Waals surface area contributed by atoms with E-state index in [1.54, 1.807) is 12.1 Å². The van der Waals surface area contributed by atoms with Gasteiger partial charge in [-0.3, -0.25) is 0 Å². The van der Waals surface area contributed by atoms with Gasteiger partial charge >= 0.3 is 0 Å². The van der Waals surface area contributed by atoms with Gasteiger partial charge in [-0.25, -0.2) is 0 Å². The topological polar surface area (TPSA) is 82.1 Å². The summed E-state index contributed by atoms with van der Waals surface area (Å²) >= 11 is 0. The van der Waals surface area contributed by atoms with E-state index in [1.807, 2.05) is 19.9 Å². The van der Waals surface area contributed by atoms with Crippen molar-refractivity contribution in [2.75, 3.05) is 11.1 Å². The van der Waals surface area contributed by atoms with Gasteiger partial charge in [-0.1, -0.05) is 13.8 Å². The monoisotopic (exact) mass is 231 g/mol. The molecule has 1 aliphatic rings. The first-order chi connectivity index (χ1) is 7.95. The molecule has 2 unspecified atom stereocenters. The Morgan fingerprint density at radius 2 is 2.24 bits per heavy atom. The second-order valence-electron chi connectivity index (χ2n) is 5.18. The van der Waals surface area contributed by atoms with Crippen LogP contribution in [-0.2, 0) is 0 Å². The van der Waals surface area contributed by atoms with Crippen LogP contribution in [0, 0.1) is 16.7 Å². The molecule has 0 aromatic heterocycles. The first kappa shape index (κ1) is 11.7. The summed E-state index contributed by atoms with van der Waals surface area (Å²) in [7, 11) is 0. The number of rotatable bonds is 2. The third-order valence-corrected chi connectivity index (χ3v) is 3.73. The van der Waals surface area contributed by atoms with Crippen LogP contribution in [0.15, 0.2) is 18.2 Å². The average Bonchev–Trinajstić information content (AvgIpc) is 2.31. The molecule has 0 spiro atoms. The molecular weight excluding hydrogens is 214 g/mol. The van der Waals surface area contributed by atoms with Crippen molar-refractivity contribution >= 4 is 11.4 Å². The molecule has 4 nitrogen and oxygen atoms in total. The second-order valence-corrected chi connectivity index (χ2v) is 5.18. The van der Waals surface area contributed by atoms with Gasteiger partial charge in [0.1, 0.15) is 6.07 Å². The van der Waals surface area contributed by atoms with Crippen molar-refractivity contribution in [1.29, 1.82) is 5.26 Å². The maximum atomic E-state index is 9.66. The molecule has 0 amide bonds.